The first kappa shape index (κ1) is 15.4. The van der Waals surface area contributed by atoms with Gasteiger partial charge in [-0.3, -0.25) is 5.41 Å². The van der Waals surface area contributed by atoms with Crippen molar-refractivity contribution in [3.63, 3.8) is 0 Å². The molecule has 0 saturated carbocycles. The lowest BCUT2D eigenvalue weighted by atomic mass is 10.1. The highest BCUT2D eigenvalue weighted by atomic mass is 32.2. The Morgan fingerprint density at radius 3 is 2.48 bits per heavy atom. The third kappa shape index (κ3) is 3.38. The molecule has 8 heteroatoms. The van der Waals surface area contributed by atoms with Crippen LogP contribution in [0.25, 0.3) is 0 Å². The van der Waals surface area contributed by atoms with Gasteiger partial charge in [-0.05, 0) is 43.8 Å². The number of nitrogens with one attached hydrogen (secondary N) is 1. The number of alkyl halides is 3. The standard InChI is InChI=1S/C13H12F3N3OS/c1-6-7(2)20-12(19-6)21-8-3-4-9(11(17)18)10(5-8)13(14,15)16/h3-5H,1-2H3,(H3,17,18). The molecule has 0 saturated heterocycles. The van der Waals surface area contributed by atoms with Crippen LogP contribution in [0.4, 0.5) is 13.2 Å². The van der Waals surface area contributed by atoms with E-state index in [0.29, 0.717) is 16.3 Å². The van der Waals surface area contributed by atoms with Crippen LogP contribution in [0.1, 0.15) is 22.6 Å². The topological polar surface area (TPSA) is 75.9 Å². The third-order valence-corrected chi connectivity index (χ3v) is 3.64. The fourth-order valence-corrected chi connectivity index (χ4v) is 2.51. The van der Waals surface area contributed by atoms with Gasteiger partial charge in [-0.25, -0.2) is 4.98 Å². The predicted molar refractivity (Wildman–Crippen MR) is 72.6 cm³/mol. The van der Waals surface area contributed by atoms with Gasteiger partial charge in [0.1, 0.15) is 11.6 Å². The van der Waals surface area contributed by atoms with E-state index in [-0.39, 0.29) is 10.8 Å². The number of aromatic nitrogens is 1. The lowest BCUT2D eigenvalue weighted by Gasteiger charge is -2.12. The molecule has 2 rings (SSSR count). The molecule has 4 nitrogen and oxygen atoms in total. The van der Waals surface area contributed by atoms with Crippen molar-refractivity contribution in [2.24, 2.45) is 5.73 Å². The zero-order valence-electron chi connectivity index (χ0n) is 11.2. The third-order valence-electron chi connectivity index (χ3n) is 2.80. The van der Waals surface area contributed by atoms with Gasteiger partial charge in [0.25, 0.3) is 5.22 Å². The second-order valence-corrected chi connectivity index (χ2v) is 5.37. The molecule has 0 aliphatic heterocycles. The van der Waals surface area contributed by atoms with Crippen LogP contribution in [0, 0.1) is 19.3 Å². The van der Waals surface area contributed by atoms with Crippen LogP contribution in [0.3, 0.4) is 0 Å². The first-order valence-corrected chi connectivity index (χ1v) is 6.67. The number of benzene rings is 1. The first-order valence-electron chi connectivity index (χ1n) is 5.86. The van der Waals surface area contributed by atoms with Crippen LogP contribution >= 0.6 is 11.8 Å². The van der Waals surface area contributed by atoms with Gasteiger partial charge in [0.2, 0.25) is 0 Å². The summed E-state index contributed by atoms with van der Waals surface area (Å²) < 4.78 is 44.3. The average molecular weight is 315 g/mol. The largest absolute Gasteiger partial charge is 0.436 e. The van der Waals surface area contributed by atoms with E-state index in [1.54, 1.807) is 13.8 Å². The second kappa shape index (κ2) is 5.44. The summed E-state index contributed by atoms with van der Waals surface area (Å²) in [6, 6.07) is 3.57. The lowest BCUT2D eigenvalue weighted by molar-refractivity contribution is -0.137. The molecule has 3 N–H and O–H groups in total. The van der Waals surface area contributed by atoms with Gasteiger partial charge >= 0.3 is 6.18 Å². The number of nitrogen functional groups attached to an aromatic ring is 1. The molecule has 0 aliphatic rings. The average Bonchev–Trinajstić information content (AvgIpc) is 2.66. The van der Waals surface area contributed by atoms with E-state index in [1.807, 2.05) is 0 Å². The molecule has 0 spiro atoms. The maximum Gasteiger partial charge on any atom is 0.417 e. The van der Waals surface area contributed by atoms with Gasteiger partial charge < -0.3 is 10.2 Å². The van der Waals surface area contributed by atoms with Crippen molar-refractivity contribution in [1.29, 1.82) is 5.41 Å². The van der Waals surface area contributed by atoms with Crippen LogP contribution < -0.4 is 5.73 Å². The lowest BCUT2D eigenvalue weighted by Crippen LogP contribution is -2.18. The van der Waals surface area contributed by atoms with Crippen molar-refractivity contribution in [2.45, 2.75) is 30.1 Å². The number of rotatable bonds is 3. The van der Waals surface area contributed by atoms with Crippen molar-refractivity contribution < 1.29 is 17.6 Å². The Balaban J connectivity index is 2.40. The van der Waals surface area contributed by atoms with E-state index in [1.165, 1.54) is 12.1 Å². The van der Waals surface area contributed by atoms with Crippen molar-refractivity contribution in [1.82, 2.24) is 4.98 Å². The Morgan fingerprint density at radius 1 is 1.33 bits per heavy atom. The van der Waals surface area contributed by atoms with Crippen LogP contribution in [0.5, 0.6) is 0 Å². The van der Waals surface area contributed by atoms with Crippen LogP contribution in [0.2, 0.25) is 0 Å². The van der Waals surface area contributed by atoms with Gasteiger partial charge in [-0.2, -0.15) is 13.2 Å². The first-order chi connectivity index (χ1) is 9.68. The van der Waals surface area contributed by atoms with Crippen LogP contribution in [0.15, 0.2) is 32.7 Å². The summed E-state index contributed by atoms with van der Waals surface area (Å²) in [7, 11) is 0. The Hall–Kier alpha value is -1.96. The summed E-state index contributed by atoms with van der Waals surface area (Å²) in [5.41, 5.74) is 4.59. The molecule has 1 aromatic carbocycles. The number of nitrogens with zero attached hydrogens (tertiary/aromatic N) is 1. The van der Waals surface area contributed by atoms with Gasteiger partial charge in [-0.1, -0.05) is 0 Å². The minimum atomic E-state index is -4.58. The van der Waals surface area contributed by atoms with Gasteiger partial charge in [0.15, 0.2) is 0 Å². The van der Waals surface area contributed by atoms with Gasteiger partial charge in [-0.15, -0.1) is 0 Å². The molecule has 0 radical (unpaired) electrons. The van der Waals surface area contributed by atoms with E-state index < -0.39 is 17.6 Å². The molecule has 1 heterocycles. The van der Waals surface area contributed by atoms with E-state index in [0.717, 1.165) is 17.8 Å². The highest BCUT2D eigenvalue weighted by Crippen LogP contribution is 2.36. The highest BCUT2D eigenvalue weighted by molar-refractivity contribution is 7.99. The molecule has 112 valence electrons. The van der Waals surface area contributed by atoms with E-state index in [9.17, 15) is 13.2 Å². The summed E-state index contributed by atoms with van der Waals surface area (Å²) in [5, 5.41) is 7.49. The van der Waals surface area contributed by atoms with Crippen molar-refractivity contribution in [3.8, 4) is 0 Å². The number of hydrogen-bond donors (Lipinski definition) is 2. The highest BCUT2D eigenvalue weighted by Gasteiger charge is 2.34. The number of aryl methyl sites for hydroxylation is 2. The van der Waals surface area contributed by atoms with Gasteiger partial charge in [0, 0.05) is 10.5 Å². The normalized spacial score (nSPS) is 11.7. The Morgan fingerprint density at radius 2 is 2.00 bits per heavy atom. The van der Waals surface area contributed by atoms with E-state index in [4.69, 9.17) is 15.6 Å². The van der Waals surface area contributed by atoms with E-state index in [2.05, 4.69) is 4.98 Å². The molecule has 0 amide bonds. The molecule has 0 aliphatic carbocycles. The summed E-state index contributed by atoms with van der Waals surface area (Å²) >= 11 is 0.984. The number of nitrogens with two attached hydrogens (primary N) is 1. The Labute approximate surface area is 123 Å². The van der Waals surface area contributed by atoms with Crippen LogP contribution in [-0.4, -0.2) is 10.8 Å². The summed E-state index contributed by atoms with van der Waals surface area (Å²) in [6.07, 6.45) is -4.58. The maximum atomic E-state index is 13.0. The molecule has 21 heavy (non-hydrogen) atoms. The molecular weight excluding hydrogens is 303 g/mol. The summed E-state index contributed by atoms with van der Waals surface area (Å²) in [6.45, 7) is 3.48. The fourth-order valence-electron chi connectivity index (χ4n) is 1.64. The maximum absolute atomic E-state index is 13.0. The minimum Gasteiger partial charge on any atom is -0.436 e. The zero-order valence-corrected chi connectivity index (χ0v) is 12.0. The summed E-state index contributed by atoms with van der Waals surface area (Å²) in [4.78, 5) is 4.42. The number of hydrogen-bond acceptors (Lipinski definition) is 4. The molecule has 0 fully saturated rings. The van der Waals surface area contributed by atoms with Crippen molar-refractivity contribution in [2.75, 3.05) is 0 Å². The smallest absolute Gasteiger partial charge is 0.417 e. The Bertz CT molecular complexity index is 675. The predicted octanol–water partition coefficient (Wildman–Crippen LogP) is 3.75. The number of amidine groups is 1. The number of halogens is 3. The summed E-state index contributed by atoms with van der Waals surface area (Å²) in [5.74, 6) is -0.00408. The van der Waals surface area contributed by atoms with Gasteiger partial charge in [0.05, 0.1) is 11.3 Å². The van der Waals surface area contributed by atoms with Crippen LogP contribution in [-0.2, 0) is 6.18 Å². The van der Waals surface area contributed by atoms with Crippen molar-refractivity contribution in [3.05, 3.63) is 40.8 Å². The molecule has 0 unspecified atom stereocenters. The van der Waals surface area contributed by atoms with E-state index >= 15 is 0 Å². The Kier molecular flexibility index (Phi) is 3.99. The van der Waals surface area contributed by atoms with Crippen molar-refractivity contribution >= 4 is 17.6 Å². The second-order valence-electron chi connectivity index (χ2n) is 4.34. The molecule has 0 bridgehead atoms. The molecule has 1 aromatic heterocycles. The molecule has 2 aromatic rings. The monoisotopic (exact) mass is 315 g/mol. The molecule has 0 atom stereocenters. The SMILES string of the molecule is Cc1nc(Sc2ccc(C(=N)N)c(C(F)(F)F)c2)oc1C. The zero-order chi connectivity index (χ0) is 15.8. The molecular formula is C13H12F3N3OS. The minimum absolute atomic E-state index is 0.272. The quantitative estimate of drug-likeness (QED) is 0.668. The number of oxazole rings is 1. The fraction of sp³-hybridized carbons (Fsp3) is 0.231.